The van der Waals surface area contributed by atoms with Gasteiger partial charge >= 0.3 is 0 Å². The third-order valence-electron chi connectivity index (χ3n) is 3.93. The van der Waals surface area contributed by atoms with Crippen LogP contribution >= 0.6 is 0 Å². The molecule has 6 nitrogen and oxygen atoms in total. The second-order valence-electron chi connectivity index (χ2n) is 5.33. The minimum absolute atomic E-state index is 0.146. The molecule has 24 heavy (non-hydrogen) atoms. The summed E-state index contributed by atoms with van der Waals surface area (Å²) in [5, 5.41) is 14.7. The molecule has 0 saturated carbocycles. The zero-order chi connectivity index (χ0) is 17.5. The van der Waals surface area contributed by atoms with E-state index in [4.69, 9.17) is 4.74 Å². The van der Waals surface area contributed by atoms with E-state index >= 15 is 0 Å². The Morgan fingerprint density at radius 1 is 1.12 bits per heavy atom. The van der Waals surface area contributed by atoms with E-state index in [1.165, 1.54) is 0 Å². The molecule has 2 aromatic carbocycles. The molecule has 0 aromatic heterocycles. The fraction of sp³-hybridized carbons (Fsp3) is 0.333. The van der Waals surface area contributed by atoms with Gasteiger partial charge in [-0.3, -0.25) is 10.1 Å². The topological polar surface area (TPSA) is 67.6 Å². The Bertz CT molecular complexity index is 682. The molecule has 0 aliphatic carbocycles. The Balaban J connectivity index is 2.15. The van der Waals surface area contributed by atoms with Crippen LogP contribution in [0.15, 0.2) is 42.5 Å². The lowest BCUT2D eigenvalue weighted by atomic mass is 10.1. The number of ether oxygens (including phenoxy) is 1. The van der Waals surface area contributed by atoms with Crippen molar-refractivity contribution >= 4 is 17.1 Å². The number of methoxy groups -OCH3 is 1. The summed E-state index contributed by atoms with van der Waals surface area (Å²) >= 11 is 0. The number of nitrogens with zero attached hydrogens (tertiary/aromatic N) is 2. The van der Waals surface area contributed by atoms with Gasteiger partial charge in [0.15, 0.2) is 0 Å². The number of hydrogen-bond donors (Lipinski definition) is 1. The van der Waals surface area contributed by atoms with Crippen LogP contribution in [0.2, 0.25) is 0 Å². The van der Waals surface area contributed by atoms with Crippen molar-refractivity contribution in [2.24, 2.45) is 0 Å². The van der Waals surface area contributed by atoms with Gasteiger partial charge in [0, 0.05) is 31.4 Å². The Hall–Kier alpha value is -2.76. The number of nitro groups is 1. The molecule has 6 heteroatoms. The lowest BCUT2D eigenvalue weighted by Gasteiger charge is -2.21. The van der Waals surface area contributed by atoms with Crippen LogP contribution in [0.3, 0.4) is 0 Å². The van der Waals surface area contributed by atoms with E-state index in [1.807, 2.05) is 55.1 Å². The van der Waals surface area contributed by atoms with Crippen molar-refractivity contribution in [3.63, 3.8) is 0 Å². The molecule has 128 valence electrons. The SMILES string of the molecule is CCN(CC)c1ccc(CNc2ccc(OC)cc2)cc1[N+](=O)[O-]. The van der Waals surface area contributed by atoms with Gasteiger partial charge in [-0.05, 0) is 49.7 Å². The third kappa shape index (κ3) is 4.16. The van der Waals surface area contributed by atoms with Crippen LogP contribution < -0.4 is 15.0 Å². The van der Waals surface area contributed by atoms with Gasteiger partial charge in [-0.25, -0.2) is 0 Å². The summed E-state index contributed by atoms with van der Waals surface area (Å²) in [6, 6.07) is 13.0. The number of anilines is 2. The van der Waals surface area contributed by atoms with Gasteiger partial charge in [0.2, 0.25) is 0 Å². The summed E-state index contributed by atoms with van der Waals surface area (Å²) in [6.45, 7) is 5.98. The summed E-state index contributed by atoms with van der Waals surface area (Å²) in [6.07, 6.45) is 0. The molecule has 0 fully saturated rings. The summed E-state index contributed by atoms with van der Waals surface area (Å²) in [4.78, 5) is 13.1. The Labute approximate surface area is 142 Å². The molecule has 0 amide bonds. The van der Waals surface area contributed by atoms with Crippen molar-refractivity contribution in [1.29, 1.82) is 0 Å². The Morgan fingerprint density at radius 3 is 2.33 bits per heavy atom. The fourth-order valence-corrected chi connectivity index (χ4v) is 2.57. The normalized spacial score (nSPS) is 10.3. The molecular weight excluding hydrogens is 306 g/mol. The van der Waals surface area contributed by atoms with Crippen LogP contribution in [0.1, 0.15) is 19.4 Å². The summed E-state index contributed by atoms with van der Waals surface area (Å²) < 4.78 is 5.12. The van der Waals surface area contributed by atoms with Crippen LogP contribution in [0.4, 0.5) is 17.1 Å². The second kappa shape index (κ2) is 8.19. The molecule has 0 aliphatic heterocycles. The fourth-order valence-electron chi connectivity index (χ4n) is 2.57. The van der Waals surface area contributed by atoms with Gasteiger partial charge in [0.1, 0.15) is 11.4 Å². The molecule has 0 heterocycles. The standard InChI is InChI=1S/C18H23N3O3/c1-4-20(5-2)17-11-6-14(12-18(17)21(22)23)13-19-15-7-9-16(24-3)10-8-15/h6-12,19H,4-5,13H2,1-3H3. The quantitative estimate of drug-likeness (QED) is 0.584. The predicted molar refractivity (Wildman–Crippen MR) is 97.0 cm³/mol. The molecule has 0 unspecified atom stereocenters. The largest absolute Gasteiger partial charge is 0.497 e. The van der Waals surface area contributed by atoms with Crippen LogP contribution in [-0.4, -0.2) is 25.1 Å². The minimum atomic E-state index is -0.315. The van der Waals surface area contributed by atoms with Gasteiger partial charge in [-0.2, -0.15) is 0 Å². The van der Waals surface area contributed by atoms with Gasteiger partial charge in [-0.15, -0.1) is 0 Å². The first-order valence-electron chi connectivity index (χ1n) is 7.99. The monoisotopic (exact) mass is 329 g/mol. The van der Waals surface area contributed by atoms with Crippen LogP contribution in [0.25, 0.3) is 0 Å². The number of benzene rings is 2. The van der Waals surface area contributed by atoms with E-state index in [-0.39, 0.29) is 10.6 Å². The van der Waals surface area contributed by atoms with E-state index in [2.05, 4.69) is 5.32 Å². The average Bonchev–Trinajstić information content (AvgIpc) is 2.62. The Kier molecular flexibility index (Phi) is 6.01. The number of nitro benzene ring substituents is 1. The first kappa shape index (κ1) is 17.6. The lowest BCUT2D eigenvalue weighted by Crippen LogP contribution is -2.22. The predicted octanol–water partition coefficient (Wildman–Crippen LogP) is 4.06. The summed E-state index contributed by atoms with van der Waals surface area (Å²) in [7, 11) is 1.62. The highest BCUT2D eigenvalue weighted by molar-refractivity contribution is 5.64. The molecule has 2 aromatic rings. The number of hydrogen-bond acceptors (Lipinski definition) is 5. The summed E-state index contributed by atoms with van der Waals surface area (Å²) in [5.74, 6) is 0.791. The van der Waals surface area contributed by atoms with Gasteiger partial charge in [0.05, 0.1) is 12.0 Å². The lowest BCUT2D eigenvalue weighted by molar-refractivity contribution is -0.384. The van der Waals surface area contributed by atoms with Crippen molar-refractivity contribution in [1.82, 2.24) is 0 Å². The number of nitrogens with one attached hydrogen (secondary N) is 1. The maximum Gasteiger partial charge on any atom is 0.292 e. The van der Waals surface area contributed by atoms with E-state index in [0.29, 0.717) is 12.2 Å². The molecule has 2 rings (SSSR count). The van der Waals surface area contributed by atoms with E-state index in [1.54, 1.807) is 13.2 Å². The van der Waals surface area contributed by atoms with Crippen molar-refractivity contribution in [2.45, 2.75) is 20.4 Å². The van der Waals surface area contributed by atoms with Crippen molar-refractivity contribution < 1.29 is 9.66 Å². The maximum absolute atomic E-state index is 11.4. The average molecular weight is 329 g/mol. The zero-order valence-corrected chi connectivity index (χ0v) is 14.3. The molecule has 0 bridgehead atoms. The molecule has 1 N–H and O–H groups in total. The first-order chi connectivity index (χ1) is 11.6. The van der Waals surface area contributed by atoms with Crippen molar-refractivity contribution in [3.8, 4) is 5.75 Å². The van der Waals surface area contributed by atoms with Crippen LogP contribution in [0.5, 0.6) is 5.75 Å². The van der Waals surface area contributed by atoms with E-state index < -0.39 is 0 Å². The van der Waals surface area contributed by atoms with Crippen molar-refractivity contribution in [3.05, 3.63) is 58.1 Å². The molecule has 0 atom stereocenters. The van der Waals surface area contributed by atoms with E-state index in [0.717, 1.165) is 30.1 Å². The molecule has 0 aliphatic rings. The van der Waals surface area contributed by atoms with Gasteiger partial charge in [0.25, 0.3) is 5.69 Å². The zero-order valence-electron chi connectivity index (χ0n) is 14.3. The molecule has 0 radical (unpaired) electrons. The van der Waals surface area contributed by atoms with Gasteiger partial charge in [-0.1, -0.05) is 6.07 Å². The highest BCUT2D eigenvalue weighted by Gasteiger charge is 2.18. The highest BCUT2D eigenvalue weighted by atomic mass is 16.6. The van der Waals surface area contributed by atoms with Crippen LogP contribution in [-0.2, 0) is 6.54 Å². The van der Waals surface area contributed by atoms with E-state index in [9.17, 15) is 10.1 Å². The number of rotatable bonds is 8. The smallest absolute Gasteiger partial charge is 0.292 e. The maximum atomic E-state index is 11.4. The highest BCUT2D eigenvalue weighted by Crippen LogP contribution is 2.29. The molecular formula is C18H23N3O3. The first-order valence-corrected chi connectivity index (χ1v) is 7.99. The third-order valence-corrected chi connectivity index (χ3v) is 3.93. The minimum Gasteiger partial charge on any atom is -0.497 e. The molecule has 0 saturated heterocycles. The summed E-state index contributed by atoms with van der Waals surface area (Å²) in [5.41, 5.74) is 2.62. The molecule has 0 spiro atoms. The second-order valence-corrected chi connectivity index (χ2v) is 5.33. The van der Waals surface area contributed by atoms with Crippen LogP contribution in [0, 0.1) is 10.1 Å². The van der Waals surface area contributed by atoms with Gasteiger partial charge < -0.3 is 15.0 Å². The Morgan fingerprint density at radius 2 is 1.79 bits per heavy atom. The van der Waals surface area contributed by atoms with Crippen molar-refractivity contribution in [2.75, 3.05) is 30.4 Å².